The van der Waals surface area contributed by atoms with Gasteiger partial charge in [-0.2, -0.15) is 0 Å². The normalized spacial score (nSPS) is 25.3. The Kier molecular flexibility index (Phi) is 20.4. The van der Waals surface area contributed by atoms with Crippen molar-refractivity contribution in [3.05, 3.63) is 251 Å². The Morgan fingerprint density at radius 3 is 1.06 bits per heavy atom. The summed E-state index contributed by atoms with van der Waals surface area (Å²) in [7, 11) is 1.52. The summed E-state index contributed by atoms with van der Waals surface area (Å²) in [6, 6.07) is 66.0. The van der Waals surface area contributed by atoms with E-state index >= 15 is 0 Å². The zero-order chi connectivity index (χ0) is 54.7. The van der Waals surface area contributed by atoms with Crippen LogP contribution in [0.5, 0.6) is 0 Å². The van der Waals surface area contributed by atoms with E-state index in [4.69, 9.17) is 61.6 Å². The van der Waals surface area contributed by atoms with Crippen molar-refractivity contribution in [1.82, 2.24) is 0 Å². The number of carbonyl (C=O) groups excluding carboxylic acids is 2. The highest BCUT2D eigenvalue weighted by atomic mass is 16.8. The monoisotopic (exact) mass is 1090 g/mol. The number of rotatable bonds is 27. The number of benzene rings is 7. The first-order valence-corrected chi connectivity index (χ1v) is 26.9. The molecule has 3 heterocycles. The molecule has 0 unspecified atom stereocenters. The number of methoxy groups -OCH3 is 1. The van der Waals surface area contributed by atoms with Gasteiger partial charge in [-0.1, -0.05) is 188 Å². The predicted octanol–water partition coefficient (Wildman–Crippen LogP) is 9.85. The second-order valence-electron chi connectivity index (χ2n) is 19.6. The molecule has 0 spiro atoms. The molecule has 0 amide bonds. The molecule has 7 aromatic carbocycles. The SMILES string of the molecule is CO[C@H]1O[C@H](CO[C@H]2O[C@H](COCc3ccccc3)[C@@H](OCc3ccccc3)[C@@H]2OC(=O)c2ccccc2)[C@@H](O[C@H]2O[C@H](COCc3ccccc3)[C@@H](OCc3ccccc3)[C@@H]2OC(=O)c2ccccc2)[C@@H]1OCc1ccccc1. The molecule has 3 aliphatic heterocycles. The molecule has 15 heteroatoms. The van der Waals surface area contributed by atoms with Crippen molar-refractivity contribution < 1.29 is 71.2 Å². The van der Waals surface area contributed by atoms with Crippen molar-refractivity contribution in [2.45, 2.75) is 107 Å². The maximum absolute atomic E-state index is 14.2. The van der Waals surface area contributed by atoms with Crippen molar-refractivity contribution in [3.8, 4) is 0 Å². The first-order chi connectivity index (χ1) is 39.5. The quantitative estimate of drug-likeness (QED) is 0.0449. The van der Waals surface area contributed by atoms with Gasteiger partial charge in [0.1, 0.15) is 42.7 Å². The smallest absolute Gasteiger partial charge is 0.338 e. The van der Waals surface area contributed by atoms with Crippen molar-refractivity contribution in [2.75, 3.05) is 26.9 Å². The zero-order valence-corrected chi connectivity index (χ0v) is 44.4. The number of hydrogen-bond donors (Lipinski definition) is 0. The maximum Gasteiger partial charge on any atom is 0.338 e. The lowest BCUT2D eigenvalue weighted by Crippen LogP contribution is -2.47. The lowest BCUT2D eigenvalue weighted by atomic mass is 10.1. The van der Waals surface area contributed by atoms with Crippen molar-refractivity contribution in [3.63, 3.8) is 0 Å². The minimum Gasteiger partial charge on any atom is -0.450 e. The molecule has 10 rings (SSSR count). The Balaban J connectivity index is 0.955. The van der Waals surface area contributed by atoms with Crippen LogP contribution in [0.2, 0.25) is 0 Å². The largest absolute Gasteiger partial charge is 0.450 e. The van der Waals surface area contributed by atoms with Gasteiger partial charge in [-0.25, -0.2) is 9.59 Å². The van der Waals surface area contributed by atoms with E-state index < -0.39 is 85.7 Å². The summed E-state index contributed by atoms with van der Waals surface area (Å²) in [4.78, 5) is 28.2. The first kappa shape index (κ1) is 56.3. The summed E-state index contributed by atoms with van der Waals surface area (Å²) < 4.78 is 85.5. The van der Waals surface area contributed by atoms with E-state index in [9.17, 15) is 9.59 Å². The summed E-state index contributed by atoms with van der Waals surface area (Å²) in [5.41, 5.74) is 5.28. The second kappa shape index (κ2) is 29.0. The van der Waals surface area contributed by atoms with Gasteiger partial charge in [0.15, 0.2) is 31.1 Å². The van der Waals surface area contributed by atoms with Gasteiger partial charge in [0, 0.05) is 7.11 Å². The molecule has 12 atom stereocenters. The number of ether oxygens (including phenoxy) is 13. The van der Waals surface area contributed by atoms with Gasteiger partial charge < -0.3 is 61.6 Å². The molecular weight excluding hydrogens is 1020 g/mol. The standard InChI is InChI=1S/C65H66O15/c1-68-63-58(73-41-49-31-17-6-18-32-49)57(80-65-60(79-62(67)51-35-21-8-22-36-51)56(72-40-48-29-15-5-16-30-48)53(77-65)43-70-38-46-25-11-3-12-26-46)54(75-63)44-74-64-59(78-61(66)50-33-19-7-20-34-50)55(71-39-47-27-13-4-14-28-47)52(76-64)42-69-37-45-23-9-2-10-24-45/h2-36,52-60,63-65H,37-44H2,1H3/t52-,53-,54-,55-,56-,57-,58+,59+,60+,63+,64+,65-/m1/s1. The molecule has 416 valence electrons. The molecule has 3 aliphatic rings. The van der Waals surface area contributed by atoms with Crippen LogP contribution in [0.3, 0.4) is 0 Å². The Hall–Kier alpha value is -6.96. The molecule has 0 bridgehead atoms. The highest BCUT2D eigenvalue weighted by Gasteiger charge is 2.56. The maximum atomic E-state index is 14.2. The highest BCUT2D eigenvalue weighted by Crippen LogP contribution is 2.37. The number of carbonyl (C=O) groups is 2. The molecular formula is C65H66O15. The molecule has 80 heavy (non-hydrogen) atoms. The number of hydrogen-bond acceptors (Lipinski definition) is 15. The summed E-state index contributed by atoms with van der Waals surface area (Å²) in [6.07, 6.45) is -11.9. The second-order valence-corrected chi connectivity index (χ2v) is 19.6. The minimum absolute atomic E-state index is 0.0573. The van der Waals surface area contributed by atoms with Gasteiger partial charge in [0.25, 0.3) is 0 Å². The average Bonchev–Trinajstić information content (AvgIpc) is 4.32. The predicted molar refractivity (Wildman–Crippen MR) is 292 cm³/mol. The van der Waals surface area contributed by atoms with E-state index in [1.165, 1.54) is 7.11 Å². The molecule has 0 radical (unpaired) electrons. The Labute approximate surface area is 466 Å². The van der Waals surface area contributed by atoms with Gasteiger partial charge in [0.05, 0.1) is 64.0 Å². The van der Waals surface area contributed by atoms with Crippen LogP contribution in [-0.4, -0.2) is 113 Å². The van der Waals surface area contributed by atoms with Crippen molar-refractivity contribution >= 4 is 11.9 Å². The van der Waals surface area contributed by atoms with Crippen molar-refractivity contribution in [1.29, 1.82) is 0 Å². The van der Waals surface area contributed by atoms with Crippen LogP contribution in [0.15, 0.2) is 212 Å². The Morgan fingerprint density at radius 1 is 0.338 bits per heavy atom. The van der Waals surface area contributed by atoms with E-state index in [1.54, 1.807) is 48.5 Å². The molecule has 0 saturated carbocycles. The first-order valence-electron chi connectivity index (χ1n) is 26.9. The van der Waals surface area contributed by atoms with Gasteiger partial charge >= 0.3 is 11.9 Å². The van der Waals surface area contributed by atoms with E-state index in [2.05, 4.69) is 0 Å². The molecule has 15 nitrogen and oxygen atoms in total. The molecule has 0 N–H and O–H groups in total. The summed E-state index contributed by atoms with van der Waals surface area (Å²) in [5.74, 6) is -1.21. The van der Waals surface area contributed by atoms with Crippen molar-refractivity contribution in [2.24, 2.45) is 0 Å². The van der Waals surface area contributed by atoms with Crippen LogP contribution in [-0.2, 0) is 94.6 Å². The van der Waals surface area contributed by atoms with Crippen LogP contribution in [0, 0.1) is 0 Å². The average molecular weight is 1090 g/mol. The fraction of sp³-hybridized carbons (Fsp3) is 0.323. The van der Waals surface area contributed by atoms with Crippen LogP contribution in [0.25, 0.3) is 0 Å². The third-order valence-corrected chi connectivity index (χ3v) is 13.9. The van der Waals surface area contributed by atoms with Gasteiger partial charge in [-0.15, -0.1) is 0 Å². The van der Waals surface area contributed by atoms with E-state index in [-0.39, 0.29) is 46.2 Å². The summed E-state index contributed by atoms with van der Waals surface area (Å²) in [6.45, 7) is 1.02. The zero-order valence-electron chi connectivity index (χ0n) is 44.4. The van der Waals surface area contributed by atoms with E-state index in [0.29, 0.717) is 17.7 Å². The Morgan fingerprint density at radius 2 is 0.662 bits per heavy atom. The third kappa shape index (κ3) is 15.3. The van der Waals surface area contributed by atoms with E-state index in [1.807, 2.05) is 164 Å². The molecule has 0 aliphatic carbocycles. The van der Waals surface area contributed by atoms with Crippen LogP contribution in [0.4, 0.5) is 0 Å². The van der Waals surface area contributed by atoms with Crippen LogP contribution >= 0.6 is 0 Å². The van der Waals surface area contributed by atoms with Gasteiger partial charge in [0.2, 0.25) is 0 Å². The highest BCUT2D eigenvalue weighted by molar-refractivity contribution is 5.90. The third-order valence-electron chi connectivity index (χ3n) is 13.9. The lowest BCUT2D eigenvalue weighted by molar-refractivity contribution is -0.231. The fourth-order valence-electron chi connectivity index (χ4n) is 9.82. The van der Waals surface area contributed by atoms with Crippen LogP contribution in [0.1, 0.15) is 48.5 Å². The minimum atomic E-state index is -1.27. The molecule has 0 aromatic heterocycles. The molecule has 3 fully saturated rings. The lowest BCUT2D eigenvalue weighted by Gasteiger charge is -2.30. The molecule has 3 saturated heterocycles. The topological polar surface area (TPSA) is 154 Å². The fourth-order valence-corrected chi connectivity index (χ4v) is 9.82. The molecule has 7 aromatic rings. The van der Waals surface area contributed by atoms with Gasteiger partial charge in [-0.05, 0) is 52.1 Å². The van der Waals surface area contributed by atoms with Gasteiger partial charge in [-0.3, -0.25) is 0 Å². The summed E-state index contributed by atoms with van der Waals surface area (Å²) >= 11 is 0. The van der Waals surface area contributed by atoms with E-state index in [0.717, 1.165) is 27.8 Å². The number of esters is 2. The Bertz CT molecular complexity index is 2910. The van der Waals surface area contributed by atoms with Crippen LogP contribution < -0.4 is 0 Å². The summed E-state index contributed by atoms with van der Waals surface area (Å²) in [5, 5.41) is 0.